The summed E-state index contributed by atoms with van der Waals surface area (Å²) in [4.78, 5) is 11.1. The van der Waals surface area contributed by atoms with Crippen molar-refractivity contribution in [3.05, 3.63) is 16.4 Å². The molecule has 11 heavy (non-hydrogen) atoms. The van der Waals surface area contributed by atoms with Crippen LogP contribution in [0.3, 0.4) is 0 Å². The molecule has 0 aliphatic rings. The van der Waals surface area contributed by atoms with Crippen molar-refractivity contribution in [3.63, 3.8) is 0 Å². The van der Waals surface area contributed by atoms with E-state index in [1.807, 2.05) is 0 Å². The van der Waals surface area contributed by atoms with Gasteiger partial charge in [-0.05, 0) is 30.1 Å². The first-order valence-electron chi connectivity index (χ1n) is 2.92. The predicted molar refractivity (Wildman–Crippen MR) is 42.4 cm³/mol. The molecule has 60 valence electrons. The van der Waals surface area contributed by atoms with Crippen molar-refractivity contribution in [1.82, 2.24) is 15.0 Å². The second-order valence-electron chi connectivity index (χ2n) is 2.02. The van der Waals surface area contributed by atoms with Gasteiger partial charge in [-0.15, -0.1) is 0 Å². The minimum absolute atomic E-state index is 0.0669. The molecular formula is C5H6Cl2N4. The first kappa shape index (κ1) is 8.64. The summed E-state index contributed by atoms with van der Waals surface area (Å²) in [6.07, 6.45) is 0. The smallest absolute Gasteiger partial charge is 0.226 e. The lowest BCUT2D eigenvalue weighted by Gasteiger charge is -2.02. The first-order valence-corrected chi connectivity index (χ1v) is 3.67. The van der Waals surface area contributed by atoms with E-state index in [1.54, 1.807) is 6.92 Å². The maximum atomic E-state index is 5.49. The third-order valence-corrected chi connectivity index (χ3v) is 1.34. The topological polar surface area (TPSA) is 64.7 Å². The number of hydrogen-bond acceptors (Lipinski definition) is 4. The molecule has 0 spiro atoms. The number of aromatic nitrogens is 3. The van der Waals surface area contributed by atoms with E-state index in [0.29, 0.717) is 5.82 Å². The quantitative estimate of drug-likeness (QED) is 0.727. The second kappa shape index (κ2) is 3.30. The average Bonchev–Trinajstić information content (AvgIpc) is 1.85. The van der Waals surface area contributed by atoms with Gasteiger partial charge in [0.1, 0.15) is 0 Å². The molecular weight excluding hydrogens is 187 g/mol. The summed E-state index contributed by atoms with van der Waals surface area (Å²) in [6, 6.07) is -0.284. The second-order valence-corrected chi connectivity index (χ2v) is 2.70. The van der Waals surface area contributed by atoms with Crippen LogP contribution in [0.5, 0.6) is 0 Å². The summed E-state index contributed by atoms with van der Waals surface area (Å²) in [6.45, 7) is 1.74. The fourth-order valence-corrected chi connectivity index (χ4v) is 0.920. The number of rotatable bonds is 1. The van der Waals surface area contributed by atoms with E-state index >= 15 is 0 Å². The molecule has 0 amide bonds. The third kappa shape index (κ3) is 2.25. The van der Waals surface area contributed by atoms with E-state index in [-0.39, 0.29) is 16.6 Å². The van der Waals surface area contributed by atoms with Gasteiger partial charge in [0.15, 0.2) is 5.82 Å². The van der Waals surface area contributed by atoms with E-state index in [2.05, 4.69) is 15.0 Å². The van der Waals surface area contributed by atoms with Crippen molar-refractivity contribution in [2.45, 2.75) is 13.0 Å². The molecule has 4 nitrogen and oxygen atoms in total. The first-order chi connectivity index (χ1) is 5.09. The Bertz CT molecular complexity index is 242. The summed E-state index contributed by atoms with van der Waals surface area (Å²) in [7, 11) is 0. The van der Waals surface area contributed by atoms with Crippen molar-refractivity contribution in [2.75, 3.05) is 0 Å². The van der Waals surface area contributed by atoms with E-state index in [9.17, 15) is 0 Å². The Labute approximate surface area is 73.8 Å². The van der Waals surface area contributed by atoms with Crippen molar-refractivity contribution in [2.24, 2.45) is 5.73 Å². The normalized spacial score (nSPS) is 13.1. The maximum absolute atomic E-state index is 5.49. The molecule has 1 atom stereocenters. The summed E-state index contributed by atoms with van der Waals surface area (Å²) >= 11 is 11.0. The summed E-state index contributed by atoms with van der Waals surface area (Å²) < 4.78 is 0. The van der Waals surface area contributed by atoms with Gasteiger partial charge in [-0.1, -0.05) is 0 Å². The Balaban J connectivity index is 3.08. The molecule has 1 aromatic rings. The van der Waals surface area contributed by atoms with Crippen LogP contribution in [0, 0.1) is 0 Å². The fourth-order valence-electron chi connectivity index (χ4n) is 0.544. The lowest BCUT2D eigenvalue weighted by atomic mass is 10.3. The van der Waals surface area contributed by atoms with Gasteiger partial charge in [-0.3, -0.25) is 0 Å². The van der Waals surface area contributed by atoms with Crippen LogP contribution in [0.4, 0.5) is 0 Å². The minimum Gasteiger partial charge on any atom is -0.322 e. The minimum atomic E-state index is -0.284. The zero-order valence-corrected chi connectivity index (χ0v) is 7.26. The number of nitrogens with zero attached hydrogens (tertiary/aromatic N) is 3. The average molecular weight is 193 g/mol. The van der Waals surface area contributed by atoms with Crippen LogP contribution in [0.1, 0.15) is 18.8 Å². The van der Waals surface area contributed by atoms with E-state index < -0.39 is 0 Å². The highest BCUT2D eigenvalue weighted by Crippen LogP contribution is 2.09. The molecule has 0 aromatic carbocycles. The van der Waals surface area contributed by atoms with Crippen LogP contribution in [0.15, 0.2) is 0 Å². The summed E-state index contributed by atoms with van der Waals surface area (Å²) in [5, 5.41) is 0.134. The van der Waals surface area contributed by atoms with E-state index in [1.165, 1.54) is 0 Å². The van der Waals surface area contributed by atoms with Crippen LogP contribution < -0.4 is 5.73 Å². The lowest BCUT2D eigenvalue weighted by Crippen LogP contribution is -2.10. The number of hydrogen-bond donors (Lipinski definition) is 1. The Morgan fingerprint density at radius 1 is 1.18 bits per heavy atom. The van der Waals surface area contributed by atoms with Gasteiger partial charge >= 0.3 is 0 Å². The van der Waals surface area contributed by atoms with Crippen LogP contribution in [0.25, 0.3) is 0 Å². The molecule has 6 heteroatoms. The molecule has 0 fully saturated rings. The molecule has 0 saturated carbocycles. The Hall–Kier alpha value is -0.450. The van der Waals surface area contributed by atoms with Crippen LogP contribution in [-0.2, 0) is 0 Å². The summed E-state index contributed by atoms with van der Waals surface area (Å²) in [5.41, 5.74) is 5.48. The van der Waals surface area contributed by atoms with Crippen molar-refractivity contribution < 1.29 is 0 Å². The van der Waals surface area contributed by atoms with E-state index in [0.717, 1.165) is 0 Å². The Morgan fingerprint density at radius 3 is 2.00 bits per heavy atom. The fraction of sp³-hybridized carbons (Fsp3) is 0.400. The zero-order valence-electron chi connectivity index (χ0n) is 5.75. The van der Waals surface area contributed by atoms with Gasteiger partial charge in [0, 0.05) is 0 Å². The van der Waals surface area contributed by atoms with Gasteiger partial charge in [-0.25, -0.2) is 9.97 Å². The van der Waals surface area contributed by atoms with Gasteiger partial charge in [-0.2, -0.15) is 4.98 Å². The molecule has 0 aliphatic carbocycles. The van der Waals surface area contributed by atoms with Gasteiger partial charge in [0.05, 0.1) is 6.04 Å². The van der Waals surface area contributed by atoms with Crippen molar-refractivity contribution >= 4 is 23.2 Å². The third-order valence-electron chi connectivity index (χ3n) is 1.01. The number of halogens is 2. The van der Waals surface area contributed by atoms with Crippen molar-refractivity contribution in [1.29, 1.82) is 0 Å². The van der Waals surface area contributed by atoms with Crippen molar-refractivity contribution in [3.8, 4) is 0 Å². The van der Waals surface area contributed by atoms with E-state index in [4.69, 9.17) is 28.9 Å². The predicted octanol–water partition coefficient (Wildman–Crippen LogP) is 1.20. The maximum Gasteiger partial charge on any atom is 0.226 e. The highest BCUT2D eigenvalue weighted by Gasteiger charge is 2.06. The largest absolute Gasteiger partial charge is 0.322 e. The molecule has 1 unspecified atom stereocenters. The van der Waals surface area contributed by atoms with Crippen LogP contribution in [0.2, 0.25) is 10.6 Å². The Kier molecular flexibility index (Phi) is 2.59. The molecule has 2 N–H and O–H groups in total. The zero-order chi connectivity index (χ0) is 8.43. The highest BCUT2D eigenvalue weighted by molar-refractivity contribution is 6.30. The molecule has 0 bridgehead atoms. The molecule has 1 aromatic heterocycles. The summed E-state index contributed by atoms with van der Waals surface area (Å²) in [5.74, 6) is 0.398. The SMILES string of the molecule is CC(N)c1nc(Cl)nc(Cl)n1. The van der Waals surface area contributed by atoms with Crippen LogP contribution >= 0.6 is 23.2 Å². The highest BCUT2D eigenvalue weighted by atomic mass is 35.5. The molecule has 0 aliphatic heterocycles. The molecule has 0 saturated heterocycles. The van der Waals surface area contributed by atoms with Gasteiger partial charge in [0.2, 0.25) is 10.6 Å². The van der Waals surface area contributed by atoms with Gasteiger partial charge < -0.3 is 5.73 Å². The Morgan fingerprint density at radius 2 is 1.64 bits per heavy atom. The van der Waals surface area contributed by atoms with Gasteiger partial charge in [0.25, 0.3) is 0 Å². The lowest BCUT2D eigenvalue weighted by molar-refractivity contribution is 0.728. The molecule has 1 rings (SSSR count). The standard InChI is InChI=1S/C5H6Cl2N4/c1-2(8)3-9-4(6)11-5(7)10-3/h2H,8H2,1H3. The van der Waals surface area contributed by atoms with Crippen LogP contribution in [-0.4, -0.2) is 15.0 Å². The molecule has 0 radical (unpaired) electrons. The monoisotopic (exact) mass is 192 g/mol. The molecule has 1 heterocycles. The number of nitrogens with two attached hydrogens (primary N) is 1.